The maximum absolute atomic E-state index is 13.3. The first kappa shape index (κ1) is 45.7. The van der Waals surface area contributed by atoms with Gasteiger partial charge < -0.3 is 55.9 Å². The van der Waals surface area contributed by atoms with E-state index in [-0.39, 0.29) is 60.2 Å². The first-order valence-electron chi connectivity index (χ1n) is 18.5. The van der Waals surface area contributed by atoms with Crippen molar-refractivity contribution < 1.29 is 24.0 Å². The molecule has 320 valence electrons. The number of imidazole rings is 1. The Morgan fingerprint density at radius 3 is 1.69 bits per heavy atom. The van der Waals surface area contributed by atoms with Crippen molar-refractivity contribution in [2.45, 2.75) is 6.42 Å². The molecule has 0 saturated heterocycles. The lowest BCUT2D eigenvalue weighted by atomic mass is 10.1. The summed E-state index contributed by atoms with van der Waals surface area (Å²) in [6, 6.07) is 17.1. The summed E-state index contributed by atoms with van der Waals surface area (Å²) in [6.07, 6.45) is 4.98. The van der Waals surface area contributed by atoms with Gasteiger partial charge in [0.25, 0.3) is 29.5 Å². The Balaban J connectivity index is 0.00000704. The van der Waals surface area contributed by atoms with E-state index in [1.165, 1.54) is 18.2 Å². The molecule has 0 aliphatic rings. The van der Waals surface area contributed by atoms with Crippen LogP contribution >= 0.6 is 44.3 Å². The number of anilines is 5. The predicted molar refractivity (Wildman–Crippen MR) is 247 cm³/mol. The van der Waals surface area contributed by atoms with Gasteiger partial charge in [-0.1, -0.05) is 31.9 Å². The monoisotopic (exact) mass is 979 g/mol. The van der Waals surface area contributed by atoms with Crippen LogP contribution in [0.3, 0.4) is 0 Å². The summed E-state index contributed by atoms with van der Waals surface area (Å²) in [7, 11) is 4.97. The van der Waals surface area contributed by atoms with E-state index in [4.69, 9.17) is 11.1 Å². The molecular formula is C40H44Br2ClN13O5. The molecule has 0 bridgehead atoms. The van der Waals surface area contributed by atoms with Crippen LogP contribution < -0.4 is 37.2 Å². The lowest BCUT2D eigenvalue weighted by Gasteiger charge is -2.23. The number of halogens is 3. The average Bonchev–Trinajstić information content (AvgIpc) is 3.99. The van der Waals surface area contributed by atoms with Gasteiger partial charge in [-0.25, -0.2) is 4.98 Å². The van der Waals surface area contributed by atoms with Crippen LogP contribution in [0.4, 0.5) is 28.4 Å². The number of hydrogen-bond donors (Lipinski definition) is 8. The van der Waals surface area contributed by atoms with Crippen molar-refractivity contribution in [3.63, 3.8) is 0 Å². The molecule has 0 unspecified atom stereocenters. The number of benzene rings is 2. The van der Waals surface area contributed by atoms with E-state index in [9.17, 15) is 24.0 Å². The van der Waals surface area contributed by atoms with Gasteiger partial charge in [0.1, 0.15) is 17.1 Å². The van der Waals surface area contributed by atoms with Gasteiger partial charge in [-0.3, -0.25) is 29.4 Å². The fourth-order valence-corrected chi connectivity index (χ4v) is 7.21. The summed E-state index contributed by atoms with van der Waals surface area (Å²) in [5.74, 6) is -2.16. The van der Waals surface area contributed by atoms with Crippen molar-refractivity contribution in [2.75, 3.05) is 56.5 Å². The van der Waals surface area contributed by atoms with Crippen LogP contribution in [0.5, 0.6) is 0 Å². The third kappa shape index (κ3) is 11.3. The van der Waals surface area contributed by atoms with Crippen molar-refractivity contribution in [2.24, 2.45) is 26.9 Å². The van der Waals surface area contributed by atoms with Crippen molar-refractivity contribution in [3.05, 3.63) is 108 Å². The number of amidine groups is 1. The molecule has 5 amide bonds. The molecule has 4 aromatic heterocycles. The van der Waals surface area contributed by atoms with Crippen molar-refractivity contribution >= 4 is 119 Å². The molecule has 0 fully saturated rings. The van der Waals surface area contributed by atoms with E-state index in [1.54, 1.807) is 83.8 Å². The number of aryl methyl sites for hydroxylation is 3. The van der Waals surface area contributed by atoms with E-state index < -0.39 is 17.7 Å². The number of aromatic amines is 1. The van der Waals surface area contributed by atoms with Gasteiger partial charge in [-0.05, 0) is 60.7 Å². The smallest absolute Gasteiger partial charge is 0.291 e. The number of H-pyrrole nitrogens is 1. The Hall–Kier alpha value is -6.38. The van der Waals surface area contributed by atoms with Crippen LogP contribution in [0.25, 0.3) is 11.0 Å². The van der Waals surface area contributed by atoms with Crippen molar-refractivity contribution in [1.82, 2.24) is 29.0 Å². The van der Waals surface area contributed by atoms with Gasteiger partial charge >= 0.3 is 0 Å². The quantitative estimate of drug-likeness (QED) is 0.0321. The highest BCUT2D eigenvalue weighted by atomic mass is 79.9. The van der Waals surface area contributed by atoms with Crippen LogP contribution in [-0.2, 0) is 21.1 Å². The molecule has 0 aliphatic heterocycles. The van der Waals surface area contributed by atoms with E-state index >= 15 is 0 Å². The molecule has 0 saturated carbocycles. The van der Waals surface area contributed by atoms with E-state index in [0.717, 1.165) is 29.4 Å². The minimum absolute atomic E-state index is 0. The zero-order valence-corrected chi connectivity index (χ0v) is 37.3. The highest BCUT2D eigenvalue weighted by Gasteiger charge is 2.20. The maximum atomic E-state index is 13.3. The number of nitrogens with zero attached hydrogens (tertiary/aromatic N) is 5. The molecule has 0 aliphatic carbocycles. The minimum atomic E-state index is -0.541. The summed E-state index contributed by atoms with van der Waals surface area (Å²) in [5.41, 5.74) is 10.3. The molecule has 0 atom stereocenters. The van der Waals surface area contributed by atoms with Crippen molar-refractivity contribution in [1.29, 1.82) is 5.41 Å². The summed E-state index contributed by atoms with van der Waals surface area (Å²) in [5, 5.41) is 22.8. The second-order valence-corrected chi connectivity index (χ2v) is 15.3. The molecule has 9 N–H and O–H groups in total. The predicted octanol–water partition coefficient (Wildman–Crippen LogP) is 5.66. The molecule has 2 aromatic carbocycles. The number of nitrogens with one attached hydrogen (secondary N) is 7. The second-order valence-electron chi connectivity index (χ2n) is 13.8. The highest BCUT2D eigenvalue weighted by molar-refractivity contribution is 9.09. The number of aromatic nitrogens is 5. The topological polar surface area (TPSA) is 242 Å². The molecule has 6 rings (SSSR count). The zero-order valence-electron chi connectivity index (χ0n) is 33.3. The first-order valence-corrected chi connectivity index (χ1v) is 20.8. The summed E-state index contributed by atoms with van der Waals surface area (Å²) in [4.78, 5) is 75.0. The number of hydrogen-bond acceptors (Lipinski definition) is 8. The van der Waals surface area contributed by atoms with E-state index in [0.29, 0.717) is 45.0 Å². The van der Waals surface area contributed by atoms with Crippen LogP contribution in [0.15, 0.2) is 79.3 Å². The Morgan fingerprint density at radius 2 is 1.18 bits per heavy atom. The standard InChI is InChI=1S/C40H43Br2N13O5.ClH/c1-52-20-25(17-31(52)37(57)45-13-10-34(43)44)47-38(58)32-18-26(21-53(32)2)48-39(59)33-19-27(22-54(33)3)49-40(60)35-50-29-9-6-24(16-30(29)51-35)46-36(56)23-4-7-28(8-5-23)55(14-11-41)15-12-42;/h4-9,16-22H,10-15H2,1-3H3,(H3,43,44)(H,45,57)(H,46,56)(H,47,58)(H,48,59)(H,49,60)(H,50,51);1H. The van der Waals surface area contributed by atoms with Gasteiger partial charge in [0.05, 0.1) is 33.9 Å². The van der Waals surface area contributed by atoms with Gasteiger partial charge in [0, 0.05) is 93.4 Å². The third-order valence-electron chi connectivity index (χ3n) is 9.33. The second kappa shape index (κ2) is 20.3. The molecule has 18 nitrogen and oxygen atoms in total. The molecular weight excluding hydrogens is 938 g/mol. The van der Waals surface area contributed by atoms with Gasteiger partial charge in [-0.2, -0.15) is 0 Å². The SMILES string of the molecule is Cl.Cn1cc(NC(=O)c2cc(NC(=O)c3cc(NC(=O)c4nc5cc(NC(=O)c6ccc(N(CCBr)CCBr)cc6)ccc5[nH]4)cn3C)cn2C)cc1C(=O)NCCC(=N)N. The zero-order chi connectivity index (χ0) is 43.1. The molecule has 0 radical (unpaired) electrons. The van der Waals surface area contributed by atoms with Gasteiger partial charge in [0.2, 0.25) is 0 Å². The van der Waals surface area contributed by atoms with Gasteiger partial charge in [0.15, 0.2) is 5.82 Å². The lowest BCUT2D eigenvalue weighted by molar-refractivity contribution is 0.0944. The number of rotatable bonds is 17. The normalized spacial score (nSPS) is 10.8. The van der Waals surface area contributed by atoms with E-state index in [1.807, 2.05) is 12.1 Å². The Morgan fingerprint density at radius 1 is 0.689 bits per heavy atom. The number of carbonyl (C=O) groups is 5. The largest absolute Gasteiger partial charge is 0.388 e. The molecule has 4 heterocycles. The number of fused-ring (bicyclic) bond motifs is 1. The van der Waals surface area contributed by atoms with Crippen LogP contribution in [-0.4, -0.2) is 89.3 Å². The van der Waals surface area contributed by atoms with Crippen LogP contribution in [0.1, 0.15) is 58.9 Å². The van der Waals surface area contributed by atoms with Crippen LogP contribution in [0, 0.1) is 5.41 Å². The fraction of sp³-hybridized carbons (Fsp3) is 0.225. The minimum Gasteiger partial charge on any atom is -0.388 e. The number of amides is 5. The number of nitrogens with two attached hydrogens (primary N) is 1. The summed E-state index contributed by atoms with van der Waals surface area (Å²) < 4.78 is 4.67. The lowest BCUT2D eigenvalue weighted by Crippen LogP contribution is -2.28. The Kier molecular flexibility index (Phi) is 15.2. The fourth-order valence-electron chi connectivity index (χ4n) is 6.35. The average molecular weight is 982 g/mol. The number of alkyl halides is 2. The summed E-state index contributed by atoms with van der Waals surface area (Å²) >= 11 is 6.97. The first-order chi connectivity index (χ1) is 28.7. The van der Waals surface area contributed by atoms with E-state index in [2.05, 4.69) is 73.3 Å². The Labute approximate surface area is 373 Å². The molecule has 21 heteroatoms. The van der Waals surface area contributed by atoms with Crippen LogP contribution in [0.2, 0.25) is 0 Å². The molecule has 0 spiro atoms. The van der Waals surface area contributed by atoms with Crippen molar-refractivity contribution in [3.8, 4) is 0 Å². The molecule has 61 heavy (non-hydrogen) atoms. The van der Waals surface area contributed by atoms with Gasteiger partial charge in [-0.15, -0.1) is 12.4 Å². The Bertz CT molecular complexity index is 2590. The molecule has 6 aromatic rings. The highest BCUT2D eigenvalue weighted by Crippen LogP contribution is 2.23. The number of carbonyl (C=O) groups excluding carboxylic acids is 5. The third-order valence-corrected chi connectivity index (χ3v) is 10.0. The maximum Gasteiger partial charge on any atom is 0.291 e. The summed E-state index contributed by atoms with van der Waals surface area (Å²) in [6.45, 7) is 1.88.